The summed E-state index contributed by atoms with van der Waals surface area (Å²) in [6.45, 7) is 5.50. The predicted molar refractivity (Wildman–Crippen MR) is 79.7 cm³/mol. The minimum atomic E-state index is -3.20. The van der Waals surface area contributed by atoms with Gasteiger partial charge in [0, 0.05) is 6.04 Å². The van der Waals surface area contributed by atoms with E-state index in [0.717, 1.165) is 5.56 Å². The zero-order valence-corrected chi connectivity index (χ0v) is 13.4. The van der Waals surface area contributed by atoms with Gasteiger partial charge in [0.25, 0.3) is 0 Å². The summed E-state index contributed by atoms with van der Waals surface area (Å²) in [7, 11) is -3.20. The molecule has 0 bridgehead atoms. The van der Waals surface area contributed by atoms with Crippen molar-refractivity contribution in [2.75, 3.05) is 12.3 Å². The maximum Gasteiger partial charge on any atom is 0.320 e. The number of fused-ring (bicyclic) bond motifs is 1. The van der Waals surface area contributed by atoms with Crippen LogP contribution in [-0.4, -0.2) is 32.3 Å². The second-order valence-electron chi connectivity index (χ2n) is 6.17. The van der Waals surface area contributed by atoms with Gasteiger partial charge in [-0.15, -0.1) is 0 Å². The number of ether oxygens (including phenoxy) is 1. The molecule has 0 aliphatic carbocycles. The van der Waals surface area contributed by atoms with Gasteiger partial charge in [-0.2, -0.15) is 0 Å². The van der Waals surface area contributed by atoms with Gasteiger partial charge in [0.2, 0.25) is 0 Å². The summed E-state index contributed by atoms with van der Waals surface area (Å²) in [4.78, 5) is 12.1. The van der Waals surface area contributed by atoms with Crippen molar-refractivity contribution in [2.24, 2.45) is 0 Å². The zero-order chi connectivity index (χ0) is 15.7. The Balaban J connectivity index is 2.08. The topological polar surface area (TPSA) is 72.5 Å². The molecule has 0 spiro atoms. The molecule has 0 amide bonds. The summed E-state index contributed by atoms with van der Waals surface area (Å²) in [6.07, 6.45) is 0.460. The van der Waals surface area contributed by atoms with E-state index >= 15 is 0 Å². The highest BCUT2D eigenvalue weighted by Crippen LogP contribution is 2.31. The van der Waals surface area contributed by atoms with Gasteiger partial charge in [-0.1, -0.05) is 18.2 Å². The third-order valence-electron chi connectivity index (χ3n) is 3.22. The average molecular weight is 311 g/mol. The summed E-state index contributed by atoms with van der Waals surface area (Å²) in [5, 5.41) is 3.10. The van der Waals surface area contributed by atoms with E-state index in [9.17, 15) is 13.2 Å². The van der Waals surface area contributed by atoms with E-state index in [1.165, 1.54) is 0 Å². The van der Waals surface area contributed by atoms with E-state index < -0.39 is 15.4 Å². The molecule has 0 fully saturated rings. The van der Waals surface area contributed by atoms with Crippen molar-refractivity contribution in [1.82, 2.24) is 5.32 Å². The quantitative estimate of drug-likeness (QED) is 0.862. The maximum atomic E-state index is 12.0. The van der Waals surface area contributed by atoms with Crippen molar-refractivity contribution in [2.45, 2.75) is 43.7 Å². The van der Waals surface area contributed by atoms with Crippen LogP contribution in [0.15, 0.2) is 29.2 Å². The molecule has 0 saturated carbocycles. The van der Waals surface area contributed by atoms with Crippen molar-refractivity contribution in [3.8, 4) is 0 Å². The second-order valence-corrected chi connectivity index (χ2v) is 8.24. The van der Waals surface area contributed by atoms with Gasteiger partial charge in [-0.05, 0) is 38.8 Å². The first-order valence-electron chi connectivity index (χ1n) is 6.96. The van der Waals surface area contributed by atoms with Crippen molar-refractivity contribution >= 4 is 15.8 Å². The number of hydrogen-bond acceptors (Lipinski definition) is 5. The lowest BCUT2D eigenvalue weighted by atomic mass is 10.0. The van der Waals surface area contributed by atoms with E-state index in [0.29, 0.717) is 11.3 Å². The summed E-state index contributed by atoms with van der Waals surface area (Å²) < 4.78 is 29.3. The van der Waals surface area contributed by atoms with Gasteiger partial charge >= 0.3 is 5.97 Å². The Hall–Kier alpha value is -1.40. The van der Waals surface area contributed by atoms with Crippen LogP contribution in [0.25, 0.3) is 0 Å². The third-order valence-corrected chi connectivity index (χ3v) is 5.03. The lowest BCUT2D eigenvalue weighted by Gasteiger charge is -2.27. The summed E-state index contributed by atoms with van der Waals surface area (Å²) >= 11 is 0. The molecule has 1 aliphatic heterocycles. The minimum Gasteiger partial charge on any atom is -0.459 e. The molecular formula is C15H21NO4S. The van der Waals surface area contributed by atoms with Crippen molar-refractivity contribution in [3.05, 3.63) is 29.8 Å². The zero-order valence-electron chi connectivity index (χ0n) is 12.5. The highest BCUT2D eigenvalue weighted by atomic mass is 32.2. The highest BCUT2D eigenvalue weighted by molar-refractivity contribution is 7.91. The predicted octanol–water partition coefficient (Wildman–Crippen LogP) is 1.84. The van der Waals surface area contributed by atoms with Gasteiger partial charge in [-0.3, -0.25) is 10.1 Å². The first kappa shape index (κ1) is 16.0. The summed E-state index contributed by atoms with van der Waals surface area (Å²) in [5.41, 5.74) is 0.208. The van der Waals surface area contributed by atoms with Crippen LogP contribution in [0, 0.1) is 0 Å². The van der Waals surface area contributed by atoms with Crippen molar-refractivity contribution in [1.29, 1.82) is 0 Å². The number of sulfone groups is 1. The Morgan fingerprint density at radius 2 is 2.00 bits per heavy atom. The fourth-order valence-electron chi connectivity index (χ4n) is 2.39. The van der Waals surface area contributed by atoms with Crippen LogP contribution >= 0.6 is 0 Å². The Kier molecular flexibility index (Phi) is 4.39. The molecule has 116 valence electrons. The number of hydrogen-bond donors (Lipinski definition) is 1. The maximum absolute atomic E-state index is 12.0. The first-order valence-corrected chi connectivity index (χ1v) is 8.61. The number of carbonyl (C=O) groups is 1. The number of rotatable bonds is 3. The van der Waals surface area contributed by atoms with Gasteiger partial charge in [0.1, 0.15) is 5.60 Å². The second kappa shape index (κ2) is 5.77. The summed E-state index contributed by atoms with van der Waals surface area (Å²) in [5.74, 6) is -0.246. The van der Waals surface area contributed by atoms with E-state index in [2.05, 4.69) is 5.32 Å². The first-order chi connectivity index (χ1) is 9.69. The fraction of sp³-hybridized carbons (Fsp3) is 0.533. The average Bonchev–Trinajstić information content (AvgIpc) is 2.36. The van der Waals surface area contributed by atoms with Crippen LogP contribution in [0.2, 0.25) is 0 Å². The minimum absolute atomic E-state index is 0.0658. The SMILES string of the molecule is CC(C)(C)OC(=O)CNC1CCS(=O)(=O)c2ccccc21. The van der Waals surface area contributed by atoms with E-state index in [1.807, 2.05) is 26.8 Å². The van der Waals surface area contributed by atoms with Crippen molar-refractivity contribution in [3.63, 3.8) is 0 Å². The lowest BCUT2D eigenvalue weighted by molar-refractivity contribution is -0.153. The Morgan fingerprint density at radius 3 is 2.67 bits per heavy atom. The molecule has 1 atom stereocenters. The molecule has 0 aromatic heterocycles. The highest BCUT2D eigenvalue weighted by Gasteiger charge is 2.30. The molecule has 2 rings (SSSR count). The van der Waals surface area contributed by atoms with E-state index in [4.69, 9.17) is 4.74 Å². The molecule has 21 heavy (non-hydrogen) atoms. The van der Waals surface area contributed by atoms with Gasteiger partial charge in [0.05, 0.1) is 17.2 Å². The molecule has 6 heteroatoms. The van der Waals surface area contributed by atoms with E-state index in [1.54, 1.807) is 18.2 Å². The number of benzene rings is 1. The Morgan fingerprint density at radius 1 is 1.33 bits per heavy atom. The van der Waals surface area contributed by atoms with Crippen LogP contribution < -0.4 is 5.32 Å². The van der Waals surface area contributed by atoms with Gasteiger partial charge in [0.15, 0.2) is 9.84 Å². The molecule has 1 N–H and O–H groups in total. The fourth-order valence-corrected chi connectivity index (χ4v) is 4.01. The Labute approximate surface area is 125 Å². The molecule has 0 radical (unpaired) electrons. The molecule has 1 aliphatic rings. The van der Waals surface area contributed by atoms with Crippen LogP contribution in [0.1, 0.15) is 38.8 Å². The molecule has 1 aromatic carbocycles. The van der Waals surface area contributed by atoms with Gasteiger partial charge in [-0.25, -0.2) is 8.42 Å². The normalized spacial score (nSPS) is 20.6. The smallest absolute Gasteiger partial charge is 0.320 e. The van der Waals surface area contributed by atoms with Gasteiger partial charge < -0.3 is 4.74 Å². The standard InChI is InChI=1S/C15H21NO4S/c1-15(2,3)20-14(17)10-16-12-8-9-21(18,19)13-7-5-4-6-11(12)13/h4-7,12,16H,8-10H2,1-3H3. The third kappa shape index (κ3) is 4.04. The van der Waals surface area contributed by atoms with Crippen LogP contribution in [0.3, 0.4) is 0 Å². The lowest BCUT2D eigenvalue weighted by Crippen LogP contribution is -2.36. The van der Waals surface area contributed by atoms with Crippen molar-refractivity contribution < 1.29 is 17.9 Å². The molecule has 5 nitrogen and oxygen atoms in total. The summed E-state index contributed by atoms with van der Waals surface area (Å²) in [6, 6.07) is 6.79. The monoisotopic (exact) mass is 311 g/mol. The molecule has 1 aromatic rings. The largest absolute Gasteiger partial charge is 0.459 e. The van der Waals surface area contributed by atoms with Crippen LogP contribution in [0.5, 0.6) is 0 Å². The van der Waals surface area contributed by atoms with Crippen LogP contribution in [0.4, 0.5) is 0 Å². The number of carbonyl (C=O) groups excluding carboxylic acids is 1. The van der Waals surface area contributed by atoms with E-state index in [-0.39, 0.29) is 24.3 Å². The molecule has 1 unspecified atom stereocenters. The Bertz CT molecular complexity index is 631. The molecule has 1 heterocycles. The van der Waals surface area contributed by atoms with Crippen LogP contribution in [-0.2, 0) is 19.4 Å². The number of nitrogens with one attached hydrogen (secondary N) is 1. The molecule has 0 saturated heterocycles. The molecular weight excluding hydrogens is 290 g/mol. The number of esters is 1.